The van der Waals surface area contributed by atoms with Crippen LogP contribution in [0.2, 0.25) is 0 Å². The Labute approximate surface area is 179 Å². The van der Waals surface area contributed by atoms with E-state index < -0.39 is 42.0 Å². The number of imide groups is 1. The zero-order valence-electron chi connectivity index (χ0n) is 17.3. The van der Waals surface area contributed by atoms with Crippen LogP contribution in [0.4, 0.5) is 10.5 Å². The molecule has 2 N–H and O–H groups in total. The number of urea groups is 1. The molecule has 0 saturated carbocycles. The highest BCUT2D eigenvalue weighted by molar-refractivity contribution is 6.09. The zero-order valence-corrected chi connectivity index (χ0v) is 17.3. The number of benzene rings is 2. The van der Waals surface area contributed by atoms with Gasteiger partial charge in [0.25, 0.3) is 11.8 Å². The van der Waals surface area contributed by atoms with Gasteiger partial charge in [-0.1, -0.05) is 42.0 Å². The van der Waals surface area contributed by atoms with E-state index in [2.05, 4.69) is 10.6 Å². The monoisotopic (exact) mass is 421 g/mol. The van der Waals surface area contributed by atoms with Gasteiger partial charge in [-0.05, 0) is 49.9 Å². The lowest BCUT2D eigenvalue weighted by molar-refractivity contribution is -0.155. The number of nitrogens with one attached hydrogen (secondary N) is 2. The Bertz CT molecular complexity index is 1070. The molecule has 1 fully saturated rings. The zero-order chi connectivity index (χ0) is 22.2. The Balaban J connectivity index is 1.38. The first-order chi connectivity index (χ1) is 14.8. The first-order valence-corrected chi connectivity index (χ1v) is 10.1. The fourth-order valence-electron chi connectivity index (χ4n) is 4.03. The highest BCUT2D eigenvalue weighted by Crippen LogP contribution is 2.41. The molecule has 1 heterocycles. The molecule has 0 aromatic heterocycles. The molecule has 4 rings (SSSR count). The van der Waals surface area contributed by atoms with E-state index in [0.29, 0.717) is 18.5 Å². The predicted octanol–water partition coefficient (Wildman–Crippen LogP) is 2.26. The molecule has 4 amide bonds. The summed E-state index contributed by atoms with van der Waals surface area (Å²) in [5.74, 6) is -1.81. The van der Waals surface area contributed by atoms with Crippen molar-refractivity contribution in [2.45, 2.75) is 38.3 Å². The molecule has 8 heteroatoms. The van der Waals surface area contributed by atoms with Gasteiger partial charge in [-0.3, -0.25) is 19.3 Å². The second-order valence-electron chi connectivity index (χ2n) is 7.87. The standard InChI is InChI=1S/C23H23N3O5/c1-14-7-9-17(10-8-14)24-20(28)15(2)31-19(27)13-26-21(29)23(25-22(26)30)12-11-16-5-3-4-6-18(16)23/h3-10,15H,11-13H2,1-2H3,(H,24,28)(H,25,30)/t15?,23-/m1/s1. The first-order valence-electron chi connectivity index (χ1n) is 10.1. The van der Waals surface area contributed by atoms with Crippen molar-refractivity contribution < 1.29 is 23.9 Å². The molecule has 2 aromatic carbocycles. The van der Waals surface area contributed by atoms with Crippen LogP contribution in [0.3, 0.4) is 0 Å². The van der Waals surface area contributed by atoms with Crippen molar-refractivity contribution in [3.8, 4) is 0 Å². The van der Waals surface area contributed by atoms with Crippen molar-refractivity contribution >= 4 is 29.5 Å². The van der Waals surface area contributed by atoms with E-state index >= 15 is 0 Å². The van der Waals surface area contributed by atoms with E-state index in [0.717, 1.165) is 21.6 Å². The third-order valence-electron chi connectivity index (χ3n) is 5.71. The van der Waals surface area contributed by atoms with Gasteiger partial charge in [0.2, 0.25) is 0 Å². The van der Waals surface area contributed by atoms with Crippen LogP contribution in [-0.2, 0) is 31.1 Å². The van der Waals surface area contributed by atoms with E-state index in [1.54, 1.807) is 12.1 Å². The van der Waals surface area contributed by atoms with Crippen molar-refractivity contribution in [3.63, 3.8) is 0 Å². The molecule has 0 bridgehead atoms. The third kappa shape index (κ3) is 3.76. The lowest BCUT2D eigenvalue weighted by atomic mass is 9.92. The summed E-state index contributed by atoms with van der Waals surface area (Å²) in [6.45, 7) is 2.80. The van der Waals surface area contributed by atoms with Crippen molar-refractivity contribution in [2.75, 3.05) is 11.9 Å². The molecule has 0 radical (unpaired) electrons. The highest BCUT2D eigenvalue weighted by Gasteiger charge is 2.55. The van der Waals surface area contributed by atoms with E-state index in [-0.39, 0.29) is 0 Å². The van der Waals surface area contributed by atoms with Gasteiger partial charge in [0.1, 0.15) is 12.1 Å². The second kappa shape index (κ2) is 7.86. The molecular formula is C23H23N3O5. The van der Waals surface area contributed by atoms with Crippen molar-refractivity contribution in [2.24, 2.45) is 0 Å². The molecule has 2 atom stereocenters. The molecule has 31 heavy (non-hydrogen) atoms. The van der Waals surface area contributed by atoms with Crippen LogP contribution in [0.25, 0.3) is 0 Å². The van der Waals surface area contributed by atoms with E-state index in [1.165, 1.54) is 6.92 Å². The average molecular weight is 421 g/mol. The number of carbonyl (C=O) groups is 4. The number of aryl methyl sites for hydroxylation is 2. The summed E-state index contributed by atoms with van der Waals surface area (Å²) >= 11 is 0. The topological polar surface area (TPSA) is 105 Å². The van der Waals surface area contributed by atoms with Crippen LogP contribution in [-0.4, -0.2) is 41.4 Å². The summed E-state index contributed by atoms with van der Waals surface area (Å²) in [6, 6.07) is 14.0. The number of hydrogen-bond donors (Lipinski definition) is 2. The molecule has 1 spiro atoms. The Morgan fingerprint density at radius 2 is 1.87 bits per heavy atom. The number of esters is 1. The lowest BCUT2D eigenvalue weighted by Gasteiger charge is -2.22. The molecule has 160 valence electrons. The van der Waals surface area contributed by atoms with E-state index in [1.807, 2.05) is 43.3 Å². The van der Waals surface area contributed by atoms with Crippen molar-refractivity contribution in [1.82, 2.24) is 10.2 Å². The van der Waals surface area contributed by atoms with E-state index in [9.17, 15) is 19.2 Å². The maximum Gasteiger partial charge on any atom is 0.327 e. The predicted molar refractivity (Wildman–Crippen MR) is 112 cm³/mol. The van der Waals surface area contributed by atoms with Gasteiger partial charge in [-0.15, -0.1) is 0 Å². The Kier molecular flexibility index (Phi) is 5.22. The number of ether oxygens (including phenoxy) is 1. The van der Waals surface area contributed by atoms with Gasteiger partial charge in [0.05, 0.1) is 0 Å². The van der Waals surface area contributed by atoms with Crippen LogP contribution < -0.4 is 10.6 Å². The summed E-state index contributed by atoms with van der Waals surface area (Å²) in [5.41, 5.74) is 2.25. The fraction of sp³-hybridized carbons (Fsp3) is 0.304. The summed E-state index contributed by atoms with van der Waals surface area (Å²) in [7, 11) is 0. The van der Waals surface area contributed by atoms with Crippen molar-refractivity contribution in [1.29, 1.82) is 0 Å². The Morgan fingerprint density at radius 1 is 1.16 bits per heavy atom. The van der Waals surface area contributed by atoms with Gasteiger partial charge in [0.15, 0.2) is 6.10 Å². The van der Waals surface area contributed by atoms with E-state index in [4.69, 9.17) is 4.74 Å². The smallest absolute Gasteiger partial charge is 0.327 e. The number of anilines is 1. The van der Waals surface area contributed by atoms with Crippen LogP contribution in [0.1, 0.15) is 30.0 Å². The molecular weight excluding hydrogens is 398 g/mol. The SMILES string of the molecule is Cc1ccc(NC(=O)C(C)OC(=O)CN2C(=O)N[C@@]3(CCc4ccccc43)C2=O)cc1. The number of amides is 4. The van der Waals surface area contributed by atoms with Gasteiger partial charge in [0, 0.05) is 5.69 Å². The molecule has 2 aromatic rings. The molecule has 1 aliphatic carbocycles. The molecule has 2 aliphatic rings. The van der Waals surface area contributed by atoms with Crippen LogP contribution in [0.15, 0.2) is 48.5 Å². The quantitative estimate of drug-likeness (QED) is 0.569. The van der Waals surface area contributed by atoms with Crippen LogP contribution >= 0.6 is 0 Å². The fourth-order valence-corrected chi connectivity index (χ4v) is 4.03. The van der Waals surface area contributed by atoms with Crippen molar-refractivity contribution in [3.05, 3.63) is 65.2 Å². The Hall–Kier alpha value is -3.68. The first kappa shape index (κ1) is 20.6. The normalized spacial score (nSPS) is 20.4. The molecule has 1 saturated heterocycles. The molecule has 8 nitrogen and oxygen atoms in total. The third-order valence-corrected chi connectivity index (χ3v) is 5.71. The highest BCUT2D eigenvalue weighted by atomic mass is 16.5. The van der Waals surface area contributed by atoms with Gasteiger partial charge in [-0.2, -0.15) is 0 Å². The second-order valence-corrected chi connectivity index (χ2v) is 7.87. The molecule has 1 aliphatic heterocycles. The van der Waals surface area contributed by atoms with Gasteiger partial charge < -0.3 is 15.4 Å². The maximum absolute atomic E-state index is 13.1. The number of carbonyl (C=O) groups excluding carboxylic acids is 4. The maximum atomic E-state index is 13.1. The summed E-state index contributed by atoms with van der Waals surface area (Å²) in [5, 5.41) is 5.41. The van der Waals surface area contributed by atoms with Crippen LogP contribution in [0, 0.1) is 6.92 Å². The largest absolute Gasteiger partial charge is 0.451 e. The molecule has 1 unspecified atom stereocenters. The number of nitrogens with zero attached hydrogens (tertiary/aromatic N) is 1. The number of rotatable bonds is 5. The number of hydrogen-bond acceptors (Lipinski definition) is 5. The minimum Gasteiger partial charge on any atom is -0.451 e. The number of fused-ring (bicyclic) bond motifs is 2. The Morgan fingerprint density at radius 3 is 2.61 bits per heavy atom. The summed E-state index contributed by atoms with van der Waals surface area (Å²) < 4.78 is 5.16. The average Bonchev–Trinajstić information content (AvgIpc) is 3.23. The van der Waals surface area contributed by atoms with Gasteiger partial charge in [-0.25, -0.2) is 4.79 Å². The lowest BCUT2D eigenvalue weighted by Crippen LogP contribution is -2.43. The minimum absolute atomic E-state index is 0.442. The summed E-state index contributed by atoms with van der Waals surface area (Å²) in [6.07, 6.45) is 0.0184. The minimum atomic E-state index is -1.14. The summed E-state index contributed by atoms with van der Waals surface area (Å²) in [4.78, 5) is 51.1. The van der Waals surface area contributed by atoms with Crippen LogP contribution in [0.5, 0.6) is 0 Å². The van der Waals surface area contributed by atoms with Gasteiger partial charge >= 0.3 is 12.0 Å².